The number of hydrogen-bond donors (Lipinski definition) is 2. The third-order valence-corrected chi connectivity index (χ3v) is 2.79. The summed E-state index contributed by atoms with van der Waals surface area (Å²) in [6, 6.07) is 0.338. The lowest BCUT2D eigenvalue weighted by Crippen LogP contribution is -2.33. The van der Waals surface area contributed by atoms with E-state index in [0.717, 1.165) is 18.2 Å². The van der Waals surface area contributed by atoms with Crippen LogP contribution in [0.2, 0.25) is 0 Å². The van der Waals surface area contributed by atoms with Gasteiger partial charge in [-0.25, -0.2) is 5.84 Å². The number of hydrazine groups is 1. The number of amidine groups is 1. The zero-order chi connectivity index (χ0) is 10.4. The van der Waals surface area contributed by atoms with Gasteiger partial charge in [0.15, 0.2) is 0 Å². The van der Waals surface area contributed by atoms with Crippen LogP contribution in [0.5, 0.6) is 0 Å². The Hall–Kier alpha value is -0.570. The second kappa shape index (κ2) is 6.02. The van der Waals surface area contributed by atoms with E-state index in [4.69, 9.17) is 5.84 Å². The lowest BCUT2D eigenvalue weighted by molar-refractivity contribution is 0.365. The maximum Gasteiger partial charge on any atom is 0.111 e. The van der Waals surface area contributed by atoms with Gasteiger partial charge in [0, 0.05) is 12.5 Å². The molecule has 3 N–H and O–H groups in total. The van der Waals surface area contributed by atoms with E-state index in [0.29, 0.717) is 6.04 Å². The van der Waals surface area contributed by atoms with E-state index in [-0.39, 0.29) is 0 Å². The molecular weight excluding hydrogens is 174 g/mol. The molecule has 1 aliphatic carbocycles. The van der Waals surface area contributed by atoms with Crippen LogP contribution in [0.4, 0.5) is 0 Å². The first-order chi connectivity index (χ1) is 6.72. The third kappa shape index (κ3) is 4.09. The van der Waals surface area contributed by atoms with Gasteiger partial charge in [0.25, 0.3) is 0 Å². The van der Waals surface area contributed by atoms with Gasteiger partial charge in [-0.1, -0.05) is 32.1 Å². The van der Waals surface area contributed by atoms with Crippen LogP contribution in [-0.2, 0) is 0 Å². The quantitative estimate of drug-likeness (QED) is 0.315. The molecule has 0 saturated heterocycles. The maximum atomic E-state index is 5.46. The highest BCUT2D eigenvalue weighted by atomic mass is 15.2. The Morgan fingerprint density at radius 2 is 2.00 bits per heavy atom. The predicted molar refractivity (Wildman–Crippen MR) is 61.1 cm³/mol. The van der Waals surface area contributed by atoms with Gasteiger partial charge >= 0.3 is 0 Å². The minimum atomic E-state index is 0.338. The molecular formula is C11H23N3. The molecule has 14 heavy (non-hydrogen) atoms. The van der Waals surface area contributed by atoms with Crippen molar-refractivity contribution in [3.05, 3.63) is 0 Å². The average molecular weight is 197 g/mol. The molecule has 0 atom stereocenters. The van der Waals surface area contributed by atoms with Crippen molar-refractivity contribution in [3.8, 4) is 0 Å². The number of nitrogens with two attached hydrogens (primary N) is 1. The van der Waals surface area contributed by atoms with E-state index in [2.05, 4.69) is 24.3 Å². The number of hydrogen-bond acceptors (Lipinski definition) is 2. The smallest absolute Gasteiger partial charge is 0.111 e. The molecule has 0 aromatic carbocycles. The summed E-state index contributed by atoms with van der Waals surface area (Å²) in [7, 11) is 0. The molecule has 1 aliphatic rings. The molecule has 1 fully saturated rings. The Kier molecular flexibility index (Phi) is 4.94. The van der Waals surface area contributed by atoms with Gasteiger partial charge in [-0.2, -0.15) is 0 Å². The molecule has 0 spiro atoms. The van der Waals surface area contributed by atoms with Crippen molar-refractivity contribution >= 4 is 5.84 Å². The second-order valence-corrected chi connectivity index (χ2v) is 4.52. The zero-order valence-corrected chi connectivity index (χ0v) is 9.42. The average Bonchev–Trinajstić information content (AvgIpc) is 2.17. The summed E-state index contributed by atoms with van der Waals surface area (Å²) in [6.07, 6.45) is 7.89. The summed E-state index contributed by atoms with van der Waals surface area (Å²) < 4.78 is 0. The van der Waals surface area contributed by atoms with Gasteiger partial charge < -0.3 is 5.43 Å². The summed E-state index contributed by atoms with van der Waals surface area (Å²) in [5.74, 6) is 7.24. The highest BCUT2D eigenvalue weighted by Gasteiger charge is 2.15. The van der Waals surface area contributed by atoms with Crippen LogP contribution in [0.25, 0.3) is 0 Å². The lowest BCUT2D eigenvalue weighted by atomic mass is 9.87. The van der Waals surface area contributed by atoms with Gasteiger partial charge in [-0.05, 0) is 19.8 Å². The Balaban J connectivity index is 2.38. The molecule has 3 heteroatoms. The summed E-state index contributed by atoms with van der Waals surface area (Å²) in [5.41, 5.74) is 2.73. The van der Waals surface area contributed by atoms with Crippen molar-refractivity contribution in [1.29, 1.82) is 0 Å². The fourth-order valence-electron chi connectivity index (χ4n) is 2.13. The Bertz CT molecular complexity index is 181. The van der Waals surface area contributed by atoms with E-state index in [1.807, 2.05) is 0 Å². The van der Waals surface area contributed by atoms with Gasteiger partial charge in [0.1, 0.15) is 5.84 Å². The first-order valence-corrected chi connectivity index (χ1v) is 5.75. The van der Waals surface area contributed by atoms with E-state index < -0.39 is 0 Å². The predicted octanol–water partition coefficient (Wildman–Crippen LogP) is 2.23. The van der Waals surface area contributed by atoms with Crippen molar-refractivity contribution in [2.45, 2.75) is 58.4 Å². The molecule has 0 aromatic heterocycles. The minimum absolute atomic E-state index is 0.338. The summed E-state index contributed by atoms with van der Waals surface area (Å²) >= 11 is 0. The molecule has 0 heterocycles. The largest absolute Gasteiger partial charge is 0.312 e. The number of nitrogens with zero attached hydrogens (tertiary/aromatic N) is 1. The first-order valence-electron chi connectivity index (χ1n) is 5.75. The highest BCUT2D eigenvalue weighted by molar-refractivity contribution is 5.81. The van der Waals surface area contributed by atoms with Crippen molar-refractivity contribution in [3.63, 3.8) is 0 Å². The highest BCUT2D eigenvalue weighted by Crippen LogP contribution is 2.26. The van der Waals surface area contributed by atoms with Gasteiger partial charge in [0.05, 0.1) is 0 Å². The molecule has 82 valence electrons. The van der Waals surface area contributed by atoms with Crippen molar-refractivity contribution < 1.29 is 0 Å². The van der Waals surface area contributed by atoms with Gasteiger partial charge in [0.2, 0.25) is 0 Å². The van der Waals surface area contributed by atoms with E-state index in [9.17, 15) is 0 Å². The summed E-state index contributed by atoms with van der Waals surface area (Å²) in [5, 5.41) is 0. The standard InChI is InChI=1S/C11H23N3/c1-9(2)13-11(14-12)8-10-6-4-3-5-7-10/h9-10H,3-8,12H2,1-2H3,(H,13,14). The van der Waals surface area contributed by atoms with Crippen LogP contribution < -0.4 is 11.3 Å². The molecule has 1 rings (SSSR count). The molecule has 0 unspecified atom stereocenters. The van der Waals surface area contributed by atoms with E-state index in [1.54, 1.807) is 0 Å². The fraction of sp³-hybridized carbons (Fsp3) is 0.909. The third-order valence-electron chi connectivity index (χ3n) is 2.79. The molecule has 1 saturated carbocycles. The molecule has 3 nitrogen and oxygen atoms in total. The summed E-state index contributed by atoms with van der Waals surface area (Å²) in [4.78, 5) is 4.47. The Morgan fingerprint density at radius 1 is 1.36 bits per heavy atom. The zero-order valence-electron chi connectivity index (χ0n) is 9.42. The van der Waals surface area contributed by atoms with Crippen LogP contribution in [0.1, 0.15) is 52.4 Å². The molecule has 0 amide bonds. The number of rotatable bonds is 3. The lowest BCUT2D eigenvalue weighted by Gasteiger charge is -2.22. The SMILES string of the molecule is CC(C)N=C(CC1CCCCC1)NN. The van der Waals surface area contributed by atoms with Crippen molar-refractivity contribution in [2.75, 3.05) is 0 Å². The topological polar surface area (TPSA) is 50.4 Å². The maximum absolute atomic E-state index is 5.46. The Labute approximate surface area is 87.1 Å². The molecule has 0 aromatic rings. The van der Waals surface area contributed by atoms with Crippen LogP contribution in [0, 0.1) is 5.92 Å². The monoisotopic (exact) mass is 197 g/mol. The fourth-order valence-corrected chi connectivity index (χ4v) is 2.13. The minimum Gasteiger partial charge on any atom is -0.312 e. The normalized spacial score (nSPS) is 20.1. The molecule has 0 bridgehead atoms. The summed E-state index contributed by atoms with van der Waals surface area (Å²) in [6.45, 7) is 4.16. The number of aliphatic imine (C=N–C) groups is 1. The van der Waals surface area contributed by atoms with Crippen molar-refractivity contribution in [2.24, 2.45) is 16.8 Å². The van der Waals surface area contributed by atoms with Gasteiger partial charge in [-0.3, -0.25) is 4.99 Å². The van der Waals surface area contributed by atoms with Crippen LogP contribution >= 0.6 is 0 Å². The molecule has 0 aliphatic heterocycles. The van der Waals surface area contributed by atoms with E-state index in [1.165, 1.54) is 32.1 Å². The van der Waals surface area contributed by atoms with E-state index >= 15 is 0 Å². The van der Waals surface area contributed by atoms with Gasteiger partial charge in [-0.15, -0.1) is 0 Å². The number of nitrogens with one attached hydrogen (secondary N) is 1. The van der Waals surface area contributed by atoms with Crippen LogP contribution in [0.3, 0.4) is 0 Å². The second-order valence-electron chi connectivity index (χ2n) is 4.52. The van der Waals surface area contributed by atoms with Crippen molar-refractivity contribution in [1.82, 2.24) is 5.43 Å². The van der Waals surface area contributed by atoms with Crippen LogP contribution in [0.15, 0.2) is 4.99 Å². The molecule has 0 radical (unpaired) electrons. The first kappa shape index (κ1) is 11.5. The van der Waals surface area contributed by atoms with Crippen LogP contribution in [-0.4, -0.2) is 11.9 Å². The Morgan fingerprint density at radius 3 is 2.50 bits per heavy atom.